The second-order valence-electron chi connectivity index (χ2n) is 4.02. The number of hydrogen-bond donors (Lipinski definition) is 2. The third kappa shape index (κ3) is 3.84. The van der Waals surface area contributed by atoms with E-state index >= 15 is 0 Å². The number of carbonyl (C=O) groups is 1. The van der Waals surface area contributed by atoms with Crippen LogP contribution in [0, 0.1) is 17.8 Å². The Bertz CT molecular complexity index is 467. The Hall–Kier alpha value is -1.95. The molecule has 0 bridgehead atoms. The van der Waals surface area contributed by atoms with Gasteiger partial charge >= 0.3 is 5.97 Å². The van der Waals surface area contributed by atoms with E-state index in [0.29, 0.717) is 5.92 Å². The molecule has 3 heteroatoms. The van der Waals surface area contributed by atoms with Gasteiger partial charge in [0.25, 0.3) is 0 Å². The molecule has 0 aliphatic carbocycles. The summed E-state index contributed by atoms with van der Waals surface area (Å²) < 4.78 is 0. The highest BCUT2D eigenvalue weighted by atomic mass is 16.4. The van der Waals surface area contributed by atoms with Crippen LogP contribution < -0.4 is 5.32 Å². The van der Waals surface area contributed by atoms with Crippen molar-refractivity contribution in [2.24, 2.45) is 5.92 Å². The van der Waals surface area contributed by atoms with Crippen molar-refractivity contribution >= 4 is 11.7 Å². The lowest BCUT2D eigenvalue weighted by Crippen LogP contribution is -2.03. The number of benzene rings is 1. The summed E-state index contributed by atoms with van der Waals surface area (Å²) in [4.78, 5) is 10.9. The van der Waals surface area contributed by atoms with Gasteiger partial charge in [0.2, 0.25) is 0 Å². The number of nitrogens with one attached hydrogen (secondary N) is 1. The molecular formula is C14H17NO2. The summed E-state index contributed by atoms with van der Waals surface area (Å²) in [6.45, 7) is 6.74. The lowest BCUT2D eigenvalue weighted by atomic mass is 10.1. The van der Waals surface area contributed by atoms with Crippen molar-refractivity contribution in [1.29, 1.82) is 0 Å². The number of carboxylic acids is 1. The minimum Gasteiger partial charge on any atom is -0.478 e. The number of rotatable bonds is 3. The Kier molecular flexibility index (Phi) is 4.59. The molecule has 0 radical (unpaired) electrons. The predicted octanol–water partition coefficient (Wildman–Crippen LogP) is 2.82. The first-order valence-electron chi connectivity index (χ1n) is 5.67. The molecule has 0 saturated carbocycles. The van der Waals surface area contributed by atoms with Crippen LogP contribution in [0.25, 0.3) is 0 Å². The molecule has 3 nitrogen and oxygen atoms in total. The van der Waals surface area contributed by atoms with Crippen LogP contribution in [0.4, 0.5) is 5.69 Å². The monoisotopic (exact) mass is 231 g/mol. The Morgan fingerprint density at radius 3 is 2.71 bits per heavy atom. The smallest absolute Gasteiger partial charge is 0.335 e. The fraction of sp³-hybridized carbons (Fsp3) is 0.357. The fourth-order valence-electron chi connectivity index (χ4n) is 1.35. The maximum Gasteiger partial charge on any atom is 0.335 e. The average Bonchev–Trinajstić information content (AvgIpc) is 2.27. The van der Waals surface area contributed by atoms with Gasteiger partial charge in [-0.15, -0.1) is 0 Å². The third-order valence-corrected chi connectivity index (χ3v) is 2.13. The van der Waals surface area contributed by atoms with Gasteiger partial charge in [-0.1, -0.05) is 25.7 Å². The van der Waals surface area contributed by atoms with Crippen LogP contribution in [0.15, 0.2) is 18.2 Å². The molecule has 1 aromatic rings. The molecular weight excluding hydrogens is 214 g/mol. The number of aromatic carboxylic acids is 1. The van der Waals surface area contributed by atoms with E-state index in [0.717, 1.165) is 17.8 Å². The number of anilines is 1. The topological polar surface area (TPSA) is 49.3 Å². The summed E-state index contributed by atoms with van der Waals surface area (Å²) in [5.41, 5.74) is 1.89. The van der Waals surface area contributed by atoms with Gasteiger partial charge in [0.05, 0.1) is 11.3 Å². The Morgan fingerprint density at radius 2 is 2.18 bits per heavy atom. The zero-order valence-corrected chi connectivity index (χ0v) is 10.4. The molecule has 0 fully saturated rings. The number of carboxylic acid groups (broad SMARTS) is 1. The molecule has 2 N–H and O–H groups in total. The van der Waals surface area contributed by atoms with Crippen molar-refractivity contribution in [1.82, 2.24) is 0 Å². The van der Waals surface area contributed by atoms with E-state index in [-0.39, 0.29) is 5.56 Å². The summed E-state index contributed by atoms with van der Waals surface area (Å²) in [5.74, 6) is 5.50. The highest BCUT2D eigenvalue weighted by Gasteiger charge is 2.06. The second kappa shape index (κ2) is 5.95. The van der Waals surface area contributed by atoms with Crippen LogP contribution in [0.1, 0.15) is 36.7 Å². The largest absolute Gasteiger partial charge is 0.478 e. The van der Waals surface area contributed by atoms with E-state index in [1.807, 2.05) is 20.8 Å². The van der Waals surface area contributed by atoms with Crippen molar-refractivity contribution in [2.75, 3.05) is 11.9 Å². The van der Waals surface area contributed by atoms with Crippen LogP contribution in [-0.2, 0) is 0 Å². The minimum atomic E-state index is -0.924. The molecule has 0 amide bonds. The van der Waals surface area contributed by atoms with E-state index in [1.54, 1.807) is 18.2 Å². The van der Waals surface area contributed by atoms with Crippen LogP contribution >= 0.6 is 0 Å². The van der Waals surface area contributed by atoms with Gasteiger partial charge in [0.15, 0.2) is 0 Å². The molecule has 90 valence electrons. The maximum absolute atomic E-state index is 10.9. The standard InChI is InChI=1S/C14H17NO2/c1-4-15-13-9-12(14(16)17)8-7-11(13)6-5-10(2)3/h7-10,15H,4H2,1-3H3,(H,16,17). The quantitative estimate of drug-likeness (QED) is 0.786. The van der Waals surface area contributed by atoms with Gasteiger partial charge in [-0.3, -0.25) is 0 Å². The summed E-state index contributed by atoms with van der Waals surface area (Å²) in [7, 11) is 0. The van der Waals surface area contributed by atoms with Crippen LogP contribution in [0.2, 0.25) is 0 Å². The molecule has 0 aromatic heterocycles. The van der Waals surface area contributed by atoms with Crippen molar-refractivity contribution in [3.63, 3.8) is 0 Å². The highest BCUT2D eigenvalue weighted by Crippen LogP contribution is 2.17. The normalized spacial score (nSPS) is 9.65. The minimum absolute atomic E-state index is 0.274. The average molecular weight is 231 g/mol. The van der Waals surface area contributed by atoms with Crippen LogP contribution in [0.5, 0.6) is 0 Å². The first-order valence-corrected chi connectivity index (χ1v) is 5.67. The molecule has 0 heterocycles. The van der Waals surface area contributed by atoms with Crippen LogP contribution in [-0.4, -0.2) is 17.6 Å². The first-order chi connectivity index (χ1) is 8.04. The summed E-state index contributed by atoms with van der Waals surface area (Å²) >= 11 is 0. The number of hydrogen-bond acceptors (Lipinski definition) is 2. The molecule has 0 unspecified atom stereocenters. The second-order valence-corrected chi connectivity index (χ2v) is 4.02. The lowest BCUT2D eigenvalue weighted by Gasteiger charge is -2.07. The summed E-state index contributed by atoms with van der Waals surface area (Å²) in [6, 6.07) is 4.94. The van der Waals surface area contributed by atoms with Crippen LogP contribution in [0.3, 0.4) is 0 Å². The first kappa shape index (κ1) is 13.1. The van der Waals surface area contributed by atoms with Gasteiger partial charge in [0.1, 0.15) is 0 Å². The molecule has 0 aliphatic heterocycles. The fourth-order valence-corrected chi connectivity index (χ4v) is 1.35. The molecule has 0 saturated heterocycles. The van der Waals surface area contributed by atoms with E-state index in [4.69, 9.17) is 5.11 Å². The Labute approximate surface area is 102 Å². The Morgan fingerprint density at radius 1 is 1.47 bits per heavy atom. The SMILES string of the molecule is CCNc1cc(C(=O)O)ccc1C#CC(C)C. The van der Waals surface area contributed by atoms with Crippen molar-refractivity contribution < 1.29 is 9.90 Å². The maximum atomic E-state index is 10.9. The summed E-state index contributed by atoms with van der Waals surface area (Å²) in [6.07, 6.45) is 0. The lowest BCUT2D eigenvalue weighted by molar-refractivity contribution is 0.0697. The van der Waals surface area contributed by atoms with E-state index < -0.39 is 5.97 Å². The molecule has 0 spiro atoms. The van der Waals surface area contributed by atoms with Gasteiger partial charge in [0, 0.05) is 18.0 Å². The molecule has 0 aliphatic rings. The van der Waals surface area contributed by atoms with Gasteiger partial charge in [-0.2, -0.15) is 0 Å². The van der Waals surface area contributed by atoms with E-state index in [9.17, 15) is 4.79 Å². The van der Waals surface area contributed by atoms with E-state index in [2.05, 4.69) is 17.2 Å². The van der Waals surface area contributed by atoms with Crippen molar-refractivity contribution in [3.05, 3.63) is 29.3 Å². The molecule has 1 rings (SSSR count). The third-order valence-electron chi connectivity index (χ3n) is 2.13. The Balaban J connectivity index is 3.14. The molecule has 17 heavy (non-hydrogen) atoms. The van der Waals surface area contributed by atoms with Gasteiger partial charge in [-0.25, -0.2) is 4.79 Å². The van der Waals surface area contributed by atoms with Gasteiger partial charge in [-0.05, 0) is 25.1 Å². The molecule has 1 aromatic carbocycles. The predicted molar refractivity (Wildman–Crippen MR) is 69.3 cm³/mol. The molecule has 0 atom stereocenters. The highest BCUT2D eigenvalue weighted by molar-refractivity contribution is 5.89. The van der Waals surface area contributed by atoms with E-state index in [1.165, 1.54) is 0 Å². The zero-order chi connectivity index (χ0) is 12.8. The van der Waals surface area contributed by atoms with Crippen molar-refractivity contribution in [3.8, 4) is 11.8 Å². The summed E-state index contributed by atoms with van der Waals surface area (Å²) in [5, 5.41) is 12.1. The zero-order valence-electron chi connectivity index (χ0n) is 10.4. The van der Waals surface area contributed by atoms with Crippen molar-refractivity contribution in [2.45, 2.75) is 20.8 Å². The van der Waals surface area contributed by atoms with Gasteiger partial charge < -0.3 is 10.4 Å².